The minimum atomic E-state index is 0.326. The van der Waals surface area contributed by atoms with Crippen molar-refractivity contribution >= 4 is 5.91 Å². The number of aromatic amines is 1. The number of likely N-dealkylation sites (tertiary alicyclic amines) is 1. The molecule has 1 N–H and O–H groups in total. The van der Waals surface area contributed by atoms with Crippen LogP contribution in [0.2, 0.25) is 0 Å². The Kier molecular flexibility index (Phi) is 3.35. The molecule has 2 heterocycles. The Morgan fingerprint density at radius 1 is 1.22 bits per heavy atom. The van der Waals surface area contributed by atoms with Gasteiger partial charge in [-0.15, -0.1) is 0 Å². The number of aromatic nitrogens is 2. The van der Waals surface area contributed by atoms with Crippen molar-refractivity contribution in [1.29, 1.82) is 0 Å². The van der Waals surface area contributed by atoms with Crippen molar-refractivity contribution in [1.82, 2.24) is 14.9 Å². The predicted molar refractivity (Wildman–Crippen MR) is 69.1 cm³/mol. The first kappa shape index (κ1) is 11.8. The van der Waals surface area contributed by atoms with E-state index < -0.39 is 0 Å². The average molecular weight is 247 g/mol. The molecular formula is C14H21N3O. The third kappa shape index (κ3) is 2.28. The third-order valence-corrected chi connectivity index (χ3v) is 4.45. The van der Waals surface area contributed by atoms with Crippen LogP contribution in [0.4, 0.5) is 0 Å². The van der Waals surface area contributed by atoms with Crippen LogP contribution in [0.15, 0.2) is 12.5 Å². The third-order valence-electron chi connectivity index (χ3n) is 4.45. The van der Waals surface area contributed by atoms with Crippen molar-refractivity contribution in [3.63, 3.8) is 0 Å². The van der Waals surface area contributed by atoms with Crippen LogP contribution in [0, 0.1) is 5.92 Å². The lowest BCUT2D eigenvalue weighted by Crippen LogP contribution is -2.40. The molecule has 0 radical (unpaired) electrons. The molecule has 1 aromatic heterocycles. The molecule has 0 aromatic carbocycles. The number of nitrogens with one attached hydrogen (secondary N) is 1. The van der Waals surface area contributed by atoms with Crippen molar-refractivity contribution in [3.05, 3.63) is 18.2 Å². The number of carbonyl (C=O) groups excluding carboxylic acids is 1. The lowest BCUT2D eigenvalue weighted by molar-refractivity contribution is -0.136. The molecule has 1 amide bonds. The molecule has 2 fully saturated rings. The van der Waals surface area contributed by atoms with Crippen molar-refractivity contribution in [2.75, 3.05) is 13.1 Å². The first-order valence-corrected chi connectivity index (χ1v) is 7.12. The molecule has 2 aliphatic rings. The number of H-pyrrole nitrogens is 1. The number of hydrogen-bond acceptors (Lipinski definition) is 2. The number of piperidine rings is 1. The van der Waals surface area contributed by atoms with Gasteiger partial charge in [0.2, 0.25) is 5.91 Å². The van der Waals surface area contributed by atoms with Gasteiger partial charge < -0.3 is 9.88 Å². The Bertz CT molecular complexity index is 387. The van der Waals surface area contributed by atoms with Gasteiger partial charge in [0.05, 0.1) is 12.0 Å². The fourth-order valence-electron chi connectivity index (χ4n) is 3.32. The highest BCUT2D eigenvalue weighted by Crippen LogP contribution is 2.30. The molecule has 4 nitrogen and oxygen atoms in total. The van der Waals surface area contributed by atoms with Crippen molar-refractivity contribution in [2.24, 2.45) is 5.92 Å². The Labute approximate surface area is 108 Å². The number of rotatable bonds is 2. The maximum absolute atomic E-state index is 12.3. The lowest BCUT2D eigenvalue weighted by atomic mass is 9.93. The standard InChI is InChI=1S/C14H21N3O/c18-14(12-3-1-2-4-12)17-7-5-11(6-8-17)13-9-15-10-16-13/h9-12H,1-8H2,(H,15,16). The van der Waals surface area contributed by atoms with Crippen LogP contribution in [-0.4, -0.2) is 33.9 Å². The van der Waals surface area contributed by atoms with E-state index in [1.807, 2.05) is 6.20 Å². The summed E-state index contributed by atoms with van der Waals surface area (Å²) in [7, 11) is 0. The summed E-state index contributed by atoms with van der Waals surface area (Å²) in [5, 5.41) is 0. The molecule has 4 heteroatoms. The van der Waals surface area contributed by atoms with E-state index >= 15 is 0 Å². The minimum absolute atomic E-state index is 0.326. The van der Waals surface area contributed by atoms with Gasteiger partial charge in [-0.1, -0.05) is 12.8 Å². The fourth-order valence-corrected chi connectivity index (χ4v) is 3.32. The van der Waals surface area contributed by atoms with Gasteiger partial charge in [0.25, 0.3) is 0 Å². The summed E-state index contributed by atoms with van der Waals surface area (Å²) in [6, 6.07) is 0. The van der Waals surface area contributed by atoms with Crippen LogP contribution in [0.1, 0.15) is 50.1 Å². The smallest absolute Gasteiger partial charge is 0.225 e. The highest BCUT2D eigenvalue weighted by Gasteiger charge is 2.30. The van der Waals surface area contributed by atoms with Crippen LogP contribution in [0.25, 0.3) is 0 Å². The minimum Gasteiger partial charge on any atom is -0.351 e. The second kappa shape index (κ2) is 5.12. The van der Waals surface area contributed by atoms with Crippen LogP contribution in [0.5, 0.6) is 0 Å². The topological polar surface area (TPSA) is 49.0 Å². The molecule has 0 unspecified atom stereocenters. The molecule has 98 valence electrons. The SMILES string of the molecule is O=C(C1CCCC1)N1CCC(c2c[nH]cn2)CC1. The van der Waals surface area contributed by atoms with Gasteiger partial charge in [0.1, 0.15) is 0 Å². The van der Waals surface area contributed by atoms with E-state index in [2.05, 4.69) is 14.9 Å². The molecule has 1 saturated heterocycles. The summed E-state index contributed by atoms with van der Waals surface area (Å²) in [4.78, 5) is 21.7. The van der Waals surface area contributed by atoms with Gasteiger partial charge >= 0.3 is 0 Å². The summed E-state index contributed by atoms with van der Waals surface area (Å²) >= 11 is 0. The first-order valence-electron chi connectivity index (χ1n) is 7.12. The summed E-state index contributed by atoms with van der Waals surface area (Å²) in [6.45, 7) is 1.82. The monoisotopic (exact) mass is 247 g/mol. The van der Waals surface area contributed by atoms with Crippen LogP contribution < -0.4 is 0 Å². The number of amides is 1. The van der Waals surface area contributed by atoms with Crippen LogP contribution in [-0.2, 0) is 4.79 Å². The summed E-state index contributed by atoms with van der Waals surface area (Å²) in [5.41, 5.74) is 1.16. The van der Waals surface area contributed by atoms with Gasteiger partial charge in [0.15, 0.2) is 0 Å². The quantitative estimate of drug-likeness (QED) is 0.871. The number of hydrogen-bond donors (Lipinski definition) is 1. The number of carbonyl (C=O) groups is 1. The Morgan fingerprint density at radius 3 is 2.56 bits per heavy atom. The molecular weight excluding hydrogens is 226 g/mol. The molecule has 0 atom stereocenters. The van der Waals surface area contributed by atoms with E-state index in [1.54, 1.807) is 6.33 Å². The van der Waals surface area contributed by atoms with Crippen LogP contribution >= 0.6 is 0 Å². The second-order valence-electron chi connectivity index (χ2n) is 5.58. The normalized spacial score (nSPS) is 22.6. The van der Waals surface area contributed by atoms with E-state index in [0.29, 0.717) is 17.7 Å². The van der Waals surface area contributed by atoms with Gasteiger partial charge in [0, 0.05) is 31.1 Å². The molecule has 1 aliphatic carbocycles. The van der Waals surface area contributed by atoms with Gasteiger partial charge in [-0.05, 0) is 25.7 Å². The fraction of sp³-hybridized carbons (Fsp3) is 0.714. The molecule has 3 rings (SSSR count). The predicted octanol–water partition coefficient (Wildman–Crippen LogP) is 2.31. The Morgan fingerprint density at radius 2 is 1.94 bits per heavy atom. The maximum Gasteiger partial charge on any atom is 0.225 e. The lowest BCUT2D eigenvalue weighted by Gasteiger charge is -2.33. The van der Waals surface area contributed by atoms with Crippen molar-refractivity contribution < 1.29 is 4.79 Å². The van der Waals surface area contributed by atoms with Crippen LogP contribution in [0.3, 0.4) is 0 Å². The molecule has 0 bridgehead atoms. The average Bonchev–Trinajstić information content (AvgIpc) is 3.11. The molecule has 1 saturated carbocycles. The largest absolute Gasteiger partial charge is 0.351 e. The van der Waals surface area contributed by atoms with Gasteiger partial charge in [-0.2, -0.15) is 0 Å². The molecule has 0 spiro atoms. The zero-order valence-corrected chi connectivity index (χ0v) is 10.8. The summed E-state index contributed by atoms with van der Waals surface area (Å²) in [5.74, 6) is 1.27. The number of imidazole rings is 1. The highest BCUT2D eigenvalue weighted by molar-refractivity contribution is 5.79. The Balaban J connectivity index is 1.55. The Hall–Kier alpha value is -1.32. The zero-order valence-electron chi connectivity index (χ0n) is 10.8. The number of nitrogens with zero attached hydrogens (tertiary/aromatic N) is 2. The molecule has 1 aromatic rings. The first-order chi connectivity index (χ1) is 8.84. The molecule has 1 aliphatic heterocycles. The van der Waals surface area contributed by atoms with Crippen molar-refractivity contribution in [3.8, 4) is 0 Å². The summed E-state index contributed by atoms with van der Waals surface area (Å²) in [6.07, 6.45) is 10.5. The van der Waals surface area contributed by atoms with E-state index in [1.165, 1.54) is 12.8 Å². The van der Waals surface area contributed by atoms with E-state index in [-0.39, 0.29) is 0 Å². The van der Waals surface area contributed by atoms with Gasteiger partial charge in [-0.25, -0.2) is 4.98 Å². The van der Waals surface area contributed by atoms with E-state index in [0.717, 1.165) is 44.5 Å². The van der Waals surface area contributed by atoms with E-state index in [4.69, 9.17) is 0 Å². The maximum atomic E-state index is 12.3. The molecule has 18 heavy (non-hydrogen) atoms. The van der Waals surface area contributed by atoms with Crippen molar-refractivity contribution in [2.45, 2.75) is 44.4 Å². The zero-order chi connectivity index (χ0) is 12.4. The highest BCUT2D eigenvalue weighted by atomic mass is 16.2. The van der Waals surface area contributed by atoms with Gasteiger partial charge in [-0.3, -0.25) is 4.79 Å². The second-order valence-corrected chi connectivity index (χ2v) is 5.58. The van der Waals surface area contributed by atoms with E-state index in [9.17, 15) is 4.79 Å². The summed E-state index contributed by atoms with van der Waals surface area (Å²) < 4.78 is 0.